The molecule has 4 fully saturated rings. The van der Waals surface area contributed by atoms with E-state index in [0.29, 0.717) is 37.1 Å². The lowest BCUT2D eigenvalue weighted by molar-refractivity contribution is -0.137. The number of nitriles is 1. The third-order valence-corrected chi connectivity index (χ3v) is 10.0. The number of anilines is 1. The molecular formula is C32H39F3N6O3. The standard InChI is InChI=1S/C32H39F3N6O3/c33-32(34,35)27-17-26(4-1-21(27)18-36)44-25-5-2-22(3-6-25)37-30(43)28-7-8-29(39-38-28)41-19-31(20-41)13-9-23(10-14-31)40-15-11-24(42)12-16-40/h1,4,7-8,17,22-25,42H,2-3,5-6,9-16,19-20H2,(H,37,43). The molecule has 3 heterocycles. The van der Waals surface area contributed by atoms with Crippen molar-refractivity contribution >= 4 is 11.7 Å². The number of hydrogen-bond donors (Lipinski definition) is 2. The summed E-state index contributed by atoms with van der Waals surface area (Å²) in [5, 5.41) is 30.3. The van der Waals surface area contributed by atoms with E-state index in [4.69, 9.17) is 10.00 Å². The number of ether oxygens (including phenoxy) is 1. The zero-order chi connectivity index (χ0) is 30.9. The minimum absolute atomic E-state index is 0.0824. The highest BCUT2D eigenvalue weighted by atomic mass is 19.4. The molecule has 1 spiro atoms. The Morgan fingerprint density at radius 1 is 1.00 bits per heavy atom. The summed E-state index contributed by atoms with van der Waals surface area (Å²) < 4.78 is 45.6. The van der Waals surface area contributed by atoms with Crippen LogP contribution in [0.4, 0.5) is 19.0 Å². The number of aliphatic hydroxyl groups excluding tert-OH is 1. The number of benzene rings is 1. The van der Waals surface area contributed by atoms with Gasteiger partial charge >= 0.3 is 6.18 Å². The zero-order valence-electron chi connectivity index (χ0n) is 24.7. The number of nitrogens with one attached hydrogen (secondary N) is 1. The lowest BCUT2D eigenvalue weighted by Crippen LogP contribution is -2.59. The summed E-state index contributed by atoms with van der Waals surface area (Å²) in [6.07, 6.45) is 3.96. The van der Waals surface area contributed by atoms with Crippen molar-refractivity contribution in [2.24, 2.45) is 5.41 Å². The monoisotopic (exact) mass is 612 g/mol. The summed E-state index contributed by atoms with van der Waals surface area (Å²) in [5.41, 5.74) is -0.841. The first kappa shape index (κ1) is 30.6. The number of alkyl halides is 3. The van der Waals surface area contributed by atoms with E-state index in [0.717, 1.165) is 57.0 Å². The molecule has 1 aromatic heterocycles. The van der Waals surface area contributed by atoms with Gasteiger partial charge in [0.15, 0.2) is 11.5 Å². The number of hydrogen-bond acceptors (Lipinski definition) is 8. The Kier molecular flexibility index (Phi) is 8.70. The van der Waals surface area contributed by atoms with Gasteiger partial charge in [-0.05, 0) is 94.5 Å². The Labute approximate surface area is 255 Å². The molecular weight excluding hydrogens is 573 g/mol. The summed E-state index contributed by atoms with van der Waals surface area (Å²) in [4.78, 5) is 17.7. The average molecular weight is 613 g/mol. The minimum atomic E-state index is -4.63. The fraction of sp³-hybridized carbons (Fsp3) is 0.625. The molecule has 4 aliphatic rings. The molecule has 2 saturated carbocycles. The van der Waals surface area contributed by atoms with Crippen molar-refractivity contribution in [1.82, 2.24) is 20.4 Å². The lowest BCUT2D eigenvalue weighted by atomic mass is 9.67. The van der Waals surface area contributed by atoms with Crippen molar-refractivity contribution < 1.29 is 27.8 Å². The summed E-state index contributed by atoms with van der Waals surface area (Å²) >= 11 is 0. The summed E-state index contributed by atoms with van der Waals surface area (Å²) in [7, 11) is 0. The molecule has 2 saturated heterocycles. The van der Waals surface area contributed by atoms with E-state index in [9.17, 15) is 23.1 Å². The molecule has 9 nitrogen and oxygen atoms in total. The summed E-state index contributed by atoms with van der Waals surface area (Å²) in [5.74, 6) is 0.575. The van der Waals surface area contributed by atoms with Crippen LogP contribution >= 0.6 is 0 Å². The number of amides is 1. The van der Waals surface area contributed by atoms with E-state index in [1.807, 2.05) is 6.07 Å². The molecule has 1 amide bonds. The van der Waals surface area contributed by atoms with Gasteiger partial charge in [-0.3, -0.25) is 4.79 Å². The SMILES string of the molecule is N#Cc1ccc(OC2CCC(NC(=O)c3ccc(N4CC5(CCC(N6CCC(O)CC6)CC5)C4)nn3)CC2)cc1C(F)(F)F. The highest BCUT2D eigenvalue weighted by Gasteiger charge is 2.46. The van der Waals surface area contributed by atoms with Gasteiger partial charge in [0, 0.05) is 43.7 Å². The third-order valence-electron chi connectivity index (χ3n) is 10.0. The molecule has 2 aliphatic heterocycles. The van der Waals surface area contributed by atoms with Crippen LogP contribution in [0.15, 0.2) is 30.3 Å². The maximum atomic E-state index is 13.3. The normalized spacial score (nSPS) is 24.8. The van der Waals surface area contributed by atoms with Crippen molar-refractivity contribution in [3.8, 4) is 11.8 Å². The number of rotatable bonds is 6. The van der Waals surface area contributed by atoms with E-state index in [-0.39, 0.29) is 35.6 Å². The van der Waals surface area contributed by atoms with E-state index >= 15 is 0 Å². The van der Waals surface area contributed by atoms with Crippen molar-refractivity contribution in [1.29, 1.82) is 5.26 Å². The number of aliphatic hydroxyl groups is 1. The molecule has 6 rings (SSSR count). The van der Waals surface area contributed by atoms with Crippen LogP contribution < -0.4 is 15.0 Å². The van der Waals surface area contributed by atoms with Gasteiger partial charge in [0.25, 0.3) is 5.91 Å². The van der Waals surface area contributed by atoms with Gasteiger partial charge in [-0.15, -0.1) is 10.2 Å². The number of carbonyl (C=O) groups excluding carboxylic acids is 1. The van der Waals surface area contributed by atoms with Gasteiger partial charge in [0.05, 0.1) is 29.4 Å². The molecule has 12 heteroatoms. The van der Waals surface area contributed by atoms with Crippen LogP contribution in [0.2, 0.25) is 0 Å². The fourth-order valence-electron chi connectivity index (χ4n) is 7.39. The van der Waals surface area contributed by atoms with Gasteiger partial charge in [0.1, 0.15) is 5.75 Å². The van der Waals surface area contributed by atoms with Crippen LogP contribution in [0, 0.1) is 16.7 Å². The van der Waals surface area contributed by atoms with Gasteiger partial charge in [-0.25, -0.2) is 0 Å². The van der Waals surface area contributed by atoms with Crippen LogP contribution in [0.1, 0.15) is 85.8 Å². The Morgan fingerprint density at radius 3 is 2.32 bits per heavy atom. The molecule has 1 aromatic carbocycles. The first-order chi connectivity index (χ1) is 21.1. The van der Waals surface area contributed by atoms with Gasteiger partial charge < -0.3 is 25.0 Å². The van der Waals surface area contributed by atoms with Crippen molar-refractivity contribution in [2.75, 3.05) is 31.1 Å². The van der Waals surface area contributed by atoms with Crippen LogP contribution in [0.5, 0.6) is 5.75 Å². The second-order valence-corrected chi connectivity index (χ2v) is 13.0. The third kappa shape index (κ3) is 6.79. The Bertz CT molecular complexity index is 1350. The predicted molar refractivity (Wildman–Crippen MR) is 156 cm³/mol. The maximum absolute atomic E-state index is 13.3. The molecule has 236 valence electrons. The highest BCUT2D eigenvalue weighted by molar-refractivity contribution is 5.92. The smallest absolute Gasteiger partial charge is 0.417 e. The second kappa shape index (κ2) is 12.5. The quantitative estimate of drug-likeness (QED) is 0.483. The second-order valence-electron chi connectivity index (χ2n) is 13.0. The molecule has 2 aromatic rings. The summed E-state index contributed by atoms with van der Waals surface area (Å²) in [6.45, 7) is 3.93. The number of aromatic nitrogens is 2. The molecule has 0 atom stereocenters. The van der Waals surface area contributed by atoms with Crippen LogP contribution in [0.25, 0.3) is 0 Å². The number of carbonyl (C=O) groups is 1. The predicted octanol–water partition coefficient (Wildman–Crippen LogP) is 4.69. The molecule has 2 N–H and O–H groups in total. The van der Waals surface area contributed by atoms with Crippen LogP contribution in [-0.4, -0.2) is 76.6 Å². The minimum Gasteiger partial charge on any atom is -0.490 e. The largest absolute Gasteiger partial charge is 0.490 e. The maximum Gasteiger partial charge on any atom is 0.417 e. The average Bonchev–Trinajstić information content (AvgIpc) is 3.01. The molecule has 2 aliphatic carbocycles. The van der Waals surface area contributed by atoms with Gasteiger partial charge in [-0.1, -0.05) is 0 Å². The number of nitrogens with zero attached hydrogens (tertiary/aromatic N) is 5. The van der Waals surface area contributed by atoms with Gasteiger partial charge in [-0.2, -0.15) is 18.4 Å². The first-order valence-corrected chi connectivity index (χ1v) is 15.7. The van der Waals surface area contributed by atoms with Gasteiger partial charge in [0.2, 0.25) is 0 Å². The fourth-order valence-corrected chi connectivity index (χ4v) is 7.39. The molecule has 0 bridgehead atoms. The van der Waals surface area contributed by atoms with Crippen molar-refractivity contribution in [3.63, 3.8) is 0 Å². The number of likely N-dealkylation sites (tertiary alicyclic amines) is 1. The van der Waals surface area contributed by atoms with Crippen molar-refractivity contribution in [3.05, 3.63) is 47.2 Å². The molecule has 0 unspecified atom stereocenters. The summed E-state index contributed by atoms with van der Waals surface area (Å²) in [6, 6.07) is 9.09. The highest BCUT2D eigenvalue weighted by Crippen LogP contribution is 2.46. The van der Waals surface area contributed by atoms with E-state index in [1.165, 1.54) is 31.7 Å². The number of piperidine rings is 1. The molecule has 0 radical (unpaired) electrons. The van der Waals surface area contributed by atoms with Crippen LogP contribution in [-0.2, 0) is 6.18 Å². The van der Waals surface area contributed by atoms with E-state index in [2.05, 4.69) is 25.3 Å². The van der Waals surface area contributed by atoms with E-state index in [1.54, 1.807) is 12.1 Å². The first-order valence-electron chi connectivity index (χ1n) is 15.7. The number of halogens is 3. The zero-order valence-corrected chi connectivity index (χ0v) is 24.7. The lowest BCUT2D eigenvalue weighted by Gasteiger charge is -2.55. The Morgan fingerprint density at radius 2 is 1.70 bits per heavy atom. The van der Waals surface area contributed by atoms with Crippen LogP contribution in [0.3, 0.4) is 0 Å². The Balaban J connectivity index is 0.932. The topological polar surface area (TPSA) is 115 Å². The Hall–Kier alpha value is -3.43. The van der Waals surface area contributed by atoms with Crippen molar-refractivity contribution in [2.45, 2.75) is 94.7 Å². The molecule has 44 heavy (non-hydrogen) atoms. The van der Waals surface area contributed by atoms with E-state index < -0.39 is 17.3 Å².